The first-order valence-electron chi connectivity index (χ1n) is 18.0. The van der Waals surface area contributed by atoms with Gasteiger partial charge in [-0.3, -0.25) is 13.6 Å². The number of ether oxygens (including phenoxy) is 5. The third kappa shape index (κ3) is 7.48. The van der Waals surface area contributed by atoms with Crippen LogP contribution in [0.1, 0.15) is 80.9 Å². The quantitative estimate of drug-likeness (QED) is 0.184. The van der Waals surface area contributed by atoms with Gasteiger partial charge in [-0.15, -0.1) is 0 Å². The molecule has 3 aliphatic carbocycles. The monoisotopic (exact) mass is 690 g/mol. The summed E-state index contributed by atoms with van der Waals surface area (Å²) in [5.41, 5.74) is 2.70. The Hall–Kier alpha value is -2.43. The predicted octanol–water partition coefficient (Wildman–Crippen LogP) is 8.40. The standard InChI is InChI=1S/C39H47O9P/c40-49(42-27-30-18-8-2-9-19-30,43-28-31-20-10-3-11-21-31)48-37-32(41-26-29-16-6-1-7-17-29)33-34(45-38(44-33)22-12-4-13-23-38)35-36(37)47-39(46-35)24-14-5-15-25-39/h1-3,6-11,16-21,32-37H,4-5,12-15,22-28H2/t32-,33-,34+,35-,36-,37+/m1/s1. The van der Waals surface area contributed by atoms with Crippen molar-refractivity contribution in [1.82, 2.24) is 0 Å². The molecule has 0 amide bonds. The summed E-state index contributed by atoms with van der Waals surface area (Å²) in [6, 6.07) is 29.2. The Kier molecular flexibility index (Phi) is 10.1. The first kappa shape index (κ1) is 33.7. The maximum absolute atomic E-state index is 14.9. The van der Waals surface area contributed by atoms with Gasteiger partial charge in [0.2, 0.25) is 0 Å². The minimum atomic E-state index is -4.24. The van der Waals surface area contributed by atoms with E-state index in [1.54, 1.807) is 0 Å². The highest BCUT2D eigenvalue weighted by Crippen LogP contribution is 2.58. The van der Waals surface area contributed by atoms with E-state index in [0.717, 1.165) is 80.9 Å². The molecule has 2 heterocycles. The van der Waals surface area contributed by atoms with Gasteiger partial charge in [0.25, 0.3) is 0 Å². The first-order chi connectivity index (χ1) is 24.0. The number of rotatable bonds is 11. The van der Waals surface area contributed by atoms with E-state index < -0.39 is 56.0 Å². The van der Waals surface area contributed by atoms with Gasteiger partial charge in [-0.05, 0) is 42.4 Å². The normalized spacial score (nSPS) is 30.3. The number of phosphoric ester groups is 1. The Balaban J connectivity index is 1.15. The zero-order valence-corrected chi connectivity index (χ0v) is 28.8. The van der Waals surface area contributed by atoms with E-state index in [0.29, 0.717) is 6.61 Å². The second-order valence-corrected chi connectivity index (χ2v) is 15.7. The molecule has 2 saturated heterocycles. The van der Waals surface area contributed by atoms with Crippen LogP contribution in [0.15, 0.2) is 91.0 Å². The Morgan fingerprint density at radius 1 is 0.510 bits per heavy atom. The fourth-order valence-corrected chi connectivity index (χ4v) is 9.49. The molecule has 3 aromatic carbocycles. The van der Waals surface area contributed by atoms with Gasteiger partial charge in [-0.2, -0.15) is 0 Å². The van der Waals surface area contributed by atoms with Crippen molar-refractivity contribution in [3.8, 4) is 0 Å². The van der Waals surface area contributed by atoms with Gasteiger partial charge >= 0.3 is 7.82 Å². The molecule has 3 saturated carbocycles. The lowest BCUT2D eigenvalue weighted by atomic mass is 9.85. The second-order valence-electron chi connectivity index (χ2n) is 14.1. The van der Waals surface area contributed by atoms with E-state index in [1.807, 2.05) is 91.0 Å². The SMILES string of the molecule is O=P(OCc1ccccc1)(OCc1ccccc1)O[C@H]1[C@H](OCc2ccccc2)[C@H]2OC3(CCCCC3)O[C@@H]2[C@H]2OC3(CCCCC3)O[C@H]21. The fourth-order valence-electron chi connectivity index (χ4n) is 8.14. The van der Waals surface area contributed by atoms with E-state index >= 15 is 0 Å². The molecule has 0 unspecified atom stereocenters. The van der Waals surface area contributed by atoms with E-state index in [9.17, 15) is 4.57 Å². The summed E-state index contributed by atoms with van der Waals surface area (Å²) < 4.78 is 68.4. The first-order valence-corrected chi connectivity index (χ1v) is 19.5. The molecule has 10 heteroatoms. The zero-order chi connectivity index (χ0) is 33.2. The van der Waals surface area contributed by atoms with Crippen molar-refractivity contribution in [3.05, 3.63) is 108 Å². The maximum atomic E-state index is 14.9. The molecule has 0 bridgehead atoms. The smallest absolute Gasteiger partial charge is 0.368 e. The summed E-state index contributed by atoms with van der Waals surface area (Å²) in [5, 5.41) is 0. The van der Waals surface area contributed by atoms with Crippen LogP contribution in [-0.2, 0) is 61.6 Å². The van der Waals surface area contributed by atoms with Crippen LogP contribution in [0.25, 0.3) is 0 Å². The summed E-state index contributed by atoms with van der Waals surface area (Å²) >= 11 is 0. The number of hydrogen-bond donors (Lipinski definition) is 0. The molecule has 0 radical (unpaired) electrons. The molecule has 0 N–H and O–H groups in total. The van der Waals surface area contributed by atoms with Crippen LogP contribution in [-0.4, -0.2) is 48.2 Å². The lowest BCUT2D eigenvalue weighted by Gasteiger charge is -2.43. The molecule has 5 fully saturated rings. The van der Waals surface area contributed by atoms with Crippen LogP contribution < -0.4 is 0 Å². The third-order valence-corrected chi connectivity index (χ3v) is 12.0. The summed E-state index contributed by atoms with van der Waals surface area (Å²) in [7, 11) is -4.24. The van der Waals surface area contributed by atoms with Gasteiger partial charge < -0.3 is 23.7 Å². The lowest BCUT2D eigenvalue weighted by molar-refractivity contribution is -0.227. The summed E-state index contributed by atoms with van der Waals surface area (Å²) in [4.78, 5) is 0. The minimum Gasteiger partial charge on any atom is -0.368 e. The number of benzene rings is 3. The van der Waals surface area contributed by atoms with Gasteiger partial charge in [0.05, 0.1) is 19.8 Å². The molecule has 8 rings (SSSR count). The Bertz CT molecular complexity index is 1500. The third-order valence-electron chi connectivity index (χ3n) is 10.6. The van der Waals surface area contributed by atoms with Gasteiger partial charge in [-0.25, -0.2) is 4.57 Å². The molecular weight excluding hydrogens is 643 g/mol. The number of phosphoric acid groups is 1. The molecule has 262 valence electrons. The molecule has 3 aromatic rings. The molecule has 0 aromatic heterocycles. The van der Waals surface area contributed by atoms with Crippen molar-refractivity contribution in [2.75, 3.05) is 0 Å². The largest absolute Gasteiger partial charge is 0.475 e. The van der Waals surface area contributed by atoms with Crippen molar-refractivity contribution >= 4 is 7.82 Å². The van der Waals surface area contributed by atoms with Crippen LogP contribution in [0, 0.1) is 0 Å². The summed E-state index contributed by atoms with van der Waals surface area (Å²) in [6.07, 6.45) is 5.82. The fraction of sp³-hybridized carbons (Fsp3) is 0.538. The maximum Gasteiger partial charge on any atom is 0.475 e. The lowest BCUT2D eigenvalue weighted by Crippen LogP contribution is -2.62. The van der Waals surface area contributed by atoms with Gasteiger partial charge in [0.15, 0.2) is 11.6 Å². The second kappa shape index (κ2) is 14.7. The number of fused-ring (bicyclic) bond motifs is 3. The Morgan fingerprint density at radius 3 is 1.35 bits per heavy atom. The molecule has 2 spiro atoms. The molecule has 6 atom stereocenters. The summed E-state index contributed by atoms with van der Waals surface area (Å²) in [6.45, 7) is 0.382. The van der Waals surface area contributed by atoms with Crippen LogP contribution in [0.2, 0.25) is 0 Å². The average Bonchev–Trinajstić information content (AvgIpc) is 3.70. The van der Waals surface area contributed by atoms with Crippen molar-refractivity contribution in [3.63, 3.8) is 0 Å². The highest BCUT2D eigenvalue weighted by atomic mass is 31.2. The molecule has 9 nitrogen and oxygen atoms in total. The molecule has 5 aliphatic rings. The van der Waals surface area contributed by atoms with E-state index in [1.165, 1.54) is 0 Å². The van der Waals surface area contributed by atoms with Crippen LogP contribution in [0.5, 0.6) is 0 Å². The van der Waals surface area contributed by atoms with Crippen molar-refractivity contribution < 1.29 is 41.8 Å². The van der Waals surface area contributed by atoms with E-state index in [2.05, 4.69) is 0 Å². The van der Waals surface area contributed by atoms with Crippen molar-refractivity contribution in [2.45, 2.75) is 132 Å². The molecule has 49 heavy (non-hydrogen) atoms. The van der Waals surface area contributed by atoms with Gasteiger partial charge in [-0.1, -0.05) is 104 Å². The van der Waals surface area contributed by atoms with Gasteiger partial charge in [0.1, 0.15) is 36.6 Å². The summed E-state index contributed by atoms with van der Waals surface area (Å²) in [5.74, 6) is -1.48. The highest BCUT2D eigenvalue weighted by Gasteiger charge is 2.68. The Morgan fingerprint density at radius 2 is 0.898 bits per heavy atom. The van der Waals surface area contributed by atoms with E-state index in [4.69, 9.17) is 37.3 Å². The van der Waals surface area contributed by atoms with Crippen LogP contribution >= 0.6 is 7.82 Å². The predicted molar refractivity (Wildman–Crippen MR) is 181 cm³/mol. The van der Waals surface area contributed by atoms with Crippen LogP contribution in [0.3, 0.4) is 0 Å². The highest BCUT2D eigenvalue weighted by molar-refractivity contribution is 7.48. The topological polar surface area (TPSA) is 90.9 Å². The average molecular weight is 691 g/mol. The zero-order valence-electron chi connectivity index (χ0n) is 27.9. The molecule has 2 aliphatic heterocycles. The van der Waals surface area contributed by atoms with Crippen molar-refractivity contribution in [2.24, 2.45) is 0 Å². The molecular formula is C39H47O9P. The van der Waals surface area contributed by atoms with Crippen LogP contribution in [0.4, 0.5) is 0 Å². The van der Waals surface area contributed by atoms with Gasteiger partial charge in [0, 0.05) is 25.7 Å². The van der Waals surface area contributed by atoms with E-state index in [-0.39, 0.29) is 13.2 Å². The van der Waals surface area contributed by atoms with Crippen molar-refractivity contribution in [1.29, 1.82) is 0 Å². The Labute approximate surface area is 289 Å². The minimum absolute atomic E-state index is 0.0410. The number of hydrogen-bond acceptors (Lipinski definition) is 9.